The minimum Gasteiger partial charge on any atom is -0.465 e. The SMILES string of the molecule is CC(C)(COCC(C)(C)COC(=O)CCCC(=O)ON1C(=O)CCC1=O)COC(=O)CCCC(=O)ON1C(=O)CCC1=O. The van der Waals surface area contributed by atoms with E-state index in [2.05, 4.69) is 0 Å². The molecule has 2 aliphatic heterocycles. The minimum absolute atomic E-state index is 0.000925. The van der Waals surface area contributed by atoms with E-state index in [0.717, 1.165) is 0 Å². The van der Waals surface area contributed by atoms with Crippen LogP contribution in [0.3, 0.4) is 0 Å². The number of carbonyl (C=O) groups is 8. The van der Waals surface area contributed by atoms with E-state index < -0.39 is 58.3 Å². The van der Waals surface area contributed by atoms with E-state index in [0.29, 0.717) is 10.1 Å². The van der Waals surface area contributed by atoms with Crippen LogP contribution < -0.4 is 0 Å². The smallest absolute Gasteiger partial charge is 0.333 e. The molecule has 0 radical (unpaired) electrons. The average molecular weight is 613 g/mol. The van der Waals surface area contributed by atoms with Gasteiger partial charge in [0, 0.05) is 62.2 Å². The van der Waals surface area contributed by atoms with Crippen molar-refractivity contribution in [1.29, 1.82) is 0 Å². The molecule has 0 atom stereocenters. The zero-order chi connectivity index (χ0) is 32.2. The fourth-order valence-corrected chi connectivity index (χ4v) is 3.75. The minimum atomic E-state index is -0.784. The van der Waals surface area contributed by atoms with Crippen molar-refractivity contribution < 1.29 is 62.2 Å². The maximum Gasteiger partial charge on any atom is 0.333 e. The van der Waals surface area contributed by atoms with Gasteiger partial charge < -0.3 is 23.9 Å². The number of nitrogens with zero attached hydrogens (tertiary/aromatic N) is 2. The molecule has 0 unspecified atom stereocenters. The molecule has 0 aromatic carbocycles. The van der Waals surface area contributed by atoms with Crippen molar-refractivity contribution in [3.63, 3.8) is 0 Å². The standard InChI is InChI=1S/C28H40N2O13/c1-27(2,17-40-23(35)7-5-9-25(37)42-29-19(31)11-12-20(29)32)15-39-16-28(3,4)18-41-24(36)8-6-10-26(38)43-30-21(33)13-14-22(30)34/h5-18H2,1-4H3. The second-order valence-electron chi connectivity index (χ2n) is 11.9. The van der Waals surface area contributed by atoms with Gasteiger partial charge in [-0.3, -0.25) is 28.8 Å². The van der Waals surface area contributed by atoms with Crippen molar-refractivity contribution in [1.82, 2.24) is 10.1 Å². The number of imide groups is 2. The van der Waals surface area contributed by atoms with E-state index >= 15 is 0 Å². The second kappa shape index (κ2) is 16.1. The summed E-state index contributed by atoms with van der Waals surface area (Å²) in [5.41, 5.74) is -1.06. The van der Waals surface area contributed by atoms with Gasteiger partial charge in [0.25, 0.3) is 23.6 Å². The van der Waals surface area contributed by atoms with Crippen LogP contribution in [0.2, 0.25) is 0 Å². The van der Waals surface area contributed by atoms with Gasteiger partial charge in [-0.25, -0.2) is 9.59 Å². The van der Waals surface area contributed by atoms with Gasteiger partial charge in [-0.1, -0.05) is 27.7 Å². The Morgan fingerprint density at radius 2 is 0.837 bits per heavy atom. The molecule has 15 nitrogen and oxygen atoms in total. The molecule has 2 heterocycles. The Labute approximate surface area is 249 Å². The number of hydrogen-bond acceptors (Lipinski definition) is 13. The zero-order valence-electron chi connectivity index (χ0n) is 25.1. The number of carbonyl (C=O) groups excluding carboxylic acids is 8. The molecule has 15 heteroatoms. The van der Waals surface area contributed by atoms with Gasteiger partial charge in [0.05, 0.1) is 26.4 Å². The van der Waals surface area contributed by atoms with Gasteiger partial charge in [0.1, 0.15) is 0 Å². The van der Waals surface area contributed by atoms with Crippen molar-refractivity contribution >= 4 is 47.5 Å². The Morgan fingerprint density at radius 1 is 0.535 bits per heavy atom. The van der Waals surface area contributed by atoms with Crippen molar-refractivity contribution in [3.8, 4) is 0 Å². The molecule has 2 fully saturated rings. The summed E-state index contributed by atoms with van der Waals surface area (Å²) >= 11 is 0. The summed E-state index contributed by atoms with van der Waals surface area (Å²) in [7, 11) is 0. The van der Waals surface area contributed by atoms with E-state index in [1.165, 1.54) is 0 Å². The average Bonchev–Trinajstić information content (AvgIpc) is 3.41. The second-order valence-corrected chi connectivity index (χ2v) is 11.9. The Bertz CT molecular complexity index is 982. The molecule has 0 aromatic heterocycles. The Hall–Kier alpha value is -3.88. The summed E-state index contributed by atoms with van der Waals surface area (Å²) in [5, 5.41) is 0.922. The van der Waals surface area contributed by atoms with Crippen LogP contribution in [0.1, 0.15) is 91.9 Å². The highest BCUT2D eigenvalue weighted by Crippen LogP contribution is 2.22. The summed E-state index contributed by atoms with van der Waals surface area (Å²) < 4.78 is 16.4. The zero-order valence-corrected chi connectivity index (χ0v) is 25.1. The fourth-order valence-electron chi connectivity index (χ4n) is 3.75. The molecule has 43 heavy (non-hydrogen) atoms. The molecule has 2 rings (SSSR count). The van der Waals surface area contributed by atoms with Crippen molar-refractivity contribution in [2.24, 2.45) is 10.8 Å². The van der Waals surface area contributed by atoms with Crippen molar-refractivity contribution in [2.45, 2.75) is 91.9 Å². The molecule has 0 spiro atoms. The molecule has 0 N–H and O–H groups in total. The largest absolute Gasteiger partial charge is 0.465 e. The van der Waals surface area contributed by atoms with Crippen molar-refractivity contribution in [2.75, 3.05) is 26.4 Å². The first-order valence-corrected chi connectivity index (χ1v) is 14.1. The third-order valence-corrected chi connectivity index (χ3v) is 6.15. The number of esters is 2. The normalized spacial score (nSPS) is 15.6. The number of ether oxygens (including phenoxy) is 3. The number of hydroxylamine groups is 4. The van der Waals surface area contributed by atoms with Crippen LogP contribution in [0, 0.1) is 10.8 Å². The van der Waals surface area contributed by atoms with Crippen LogP contribution in [0.4, 0.5) is 0 Å². The molecule has 4 amide bonds. The summed E-state index contributed by atoms with van der Waals surface area (Å²) in [4.78, 5) is 103. The van der Waals surface area contributed by atoms with Gasteiger partial charge in [-0.2, -0.15) is 0 Å². The van der Waals surface area contributed by atoms with Gasteiger partial charge in [-0.15, -0.1) is 10.1 Å². The lowest BCUT2D eigenvalue weighted by atomic mass is 9.94. The maximum absolute atomic E-state index is 12.1. The quantitative estimate of drug-likeness (QED) is 0.161. The molecular weight excluding hydrogens is 572 g/mol. The van der Waals surface area contributed by atoms with Crippen LogP contribution in [-0.2, 0) is 62.2 Å². The molecule has 0 aromatic rings. The van der Waals surface area contributed by atoms with Crippen LogP contribution in [0.5, 0.6) is 0 Å². The number of hydrogen-bond donors (Lipinski definition) is 0. The number of rotatable bonds is 18. The van der Waals surface area contributed by atoms with Crippen molar-refractivity contribution in [3.05, 3.63) is 0 Å². The van der Waals surface area contributed by atoms with E-state index in [-0.39, 0.29) is 90.6 Å². The molecule has 2 saturated heterocycles. The van der Waals surface area contributed by atoms with Gasteiger partial charge in [0.15, 0.2) is 0 Å². The summed E-state index contributed by atoms with van der Waals surface area (Å²) in [5.74, 6) is -4.90. The first-order chi connectivity index (χ1) is 20.1. The lowest BCUT2D eigenvalue weighted by molar-refractivity contribution is -0.197. The Kier molecular flexibility index (Phi) is 13.2. The van der Waals surface area contributed by atoms with Gasteiger partial charge in [0.2, 0.25) is 0 Å². The molecule has 0 aliphatic carbocycles. The third kappa shape index (κ3) is 12.9. The molecular formula is C28H40N2O13. The first-order valence-electron chi connectivity index (χ1n) is 14.1. The lowest BCUT2D eigenvalue weighted by Gasteiger charge is -2.28. The highest BCUT2D eigenvalue weighted by Gasteiger charge is 2.34. The Balaban J connectivity index is 1.55. The van der Waals surface area contributed by atoms with E-state index in [1.807, 2.05) is 27.7 Å². The molecule has 240 valence electrons. The van der Waals surface area contributed by atoms with E-state index in [1.54, 1.807) is 0 Å². The van der Waals surface area contributed by atoms with Crippen LogP contribution in [-0.4, -0.2) is 84.1 Å². The maximum atomic E-state index is 12.1. The van der Waals surface area contributed by atoms with E-state index in [4.69, 9.17) is 23.9 Å². The van der Waals surface area contributed by atoms with Gasteiger partial charge >= 0.3 is 23.9 Å². The summed E-state index contributed by atoms with van der Waals surface area (Å²) in [6.07, 6.45) is -0.160. The molecule has 0 bridgehead atoms. The van der Waals surface area contributed by atoms with Crippen LogP contribution >= 0.6 is 0 Å². The molecule has 2 aliphatic rings. The highest BCUT2D eigenvalue weighted by atomic mass is 16.7. The highest BCUT2D eigenvalue weighted by molar-refractivity contribution is 6.02. The third-order valence-electron chi connectivity index (χ3n) is 6.15. The summed E-state index contributed by atoms with van der Waals surface area (Å²) in [6.45, 7) is 7.98. The topological polar surface area (TPSA) is 189 Å². The van der Waals surface area contributed by atoms with Crippen LogP contribution in [0.15, 0.2) is 0 Å². The predicted molar refractivity (Wildman–Crippen MR) is 142 cm³/mol. The van der Waals surface area contributed by atoms with Gasteiger partial charge in [-0.05, 0) is 12.8 Å². The monoisotopic (exact) mass is 612 g/mol. The number of amides is 4. The van der Waals surface area contributed by atoms with Crippen LogP contribution in [0.25, 0.3) is 0 Å². The lowest BCUT2D eigenvalue weighted by Crippen LogP contribution is -2.32. The molecule has 0 saturated carbocycles. The van der Waals surface area contributed by atoms with E-state index in [9.17, 15) is 38.4 Å². The fraction of sp³-hybridized carbons (Fsp3) is 0.714. The predicted octanol–water partition coefficient (Wildman–Crippen LogP) is 1.70. The Morgan fingerprint density at radius 3 is 1.16 bits per heavy atom. The summed E-state index contributed by atoms with van der Waals surface area (Å²) in [6, 6.07) is 0. The first kappa shape index (κ1) is 35.3.